The van der Waals surface area contributed by atoms with Crippen LogP contribution in [0.2, 0.25) is 0 Å². The number of nitrogens with zero attached hydrogens (tertiary/aromatic N) is 4. The lowest BCUT2D eigenvalue weighted by Gasteiger charge is -2.22. The molecule has 2 aliphatic rings. The van der Waals surface area contributed by atoms with Crippen molar-refractivity contribution in [1.29, 1.82) is 0 Å². The van der Waals surface area contributed by atoms with Gasteiger partial charge in [0.15, 0.2) is 5.69 Å². The van der Waals surface area contributed by atoms with Crippen molar-refractivity contribution in [2.45, 2.75) is 56.9 Å². The fraction of sp³-hybridized carbons (Fsp3) is 0.379. The summed E-state index contributed by atoms with van der Waals surface area (Å²) in [6, 6.07) is 18.6. The fourth-order valence-corrected chi connectivity index (χ4v) is 5.34. The van der Waals surface area contributed by atoms with E-state index in [4.69, 9.17) is 14.4 Å². The predicted octanol–water partition coefficient (Wildman–Crippen LogP) is 5.36. The first-order valence-electron chi connectivity index (χ1n) is 12.9. The molecule has 37 heavy (non-hydrogen) atoms. The number of carboxylic acid groups (broad SMARTS) is 1. The van der Waals surface area contributed by atoms with Crippen LogP contribution < -0.4 is 0 Å². The Kier molecular flexibility index (Phi) is 6.12. The number of aliphatic carboxylic acids is 1. The number of aromatic nitrogens is 4. The fourth-order valence-electron chi connectivity index (χ4n) is 5.34. The molecule has 4 aromatic rings. The quantitative estimate of drug-likeness (QED) is 0.349. The van der Waals surface area contributed by atoms with Crippen LogP contribution in [-0.2, 0) is 21.5 Å². The average molecular weight is 499 g/mol. The van der Waals surface area contributed by atoms with Crippen molar-refractivity contribution in [3.05, 3.63) is 77.0 Å². The first-order valence-corrected chi connectivity index (χ1v) is 12.9. The molecule has 0 amide bonds. The van der Waals surface area contributed by atoms with Gasteiger partial charge in [-0.2, -0.15) is 10.1 Å². The van der Waals surface area contributed by atoms with E-state index in [0.29, 0.717) is 29.9 Å². The lowest BCUT2D eigenvalue weighted by Crippen LogP contribution is -2.13. The highest BCUT2D eigenvalue weighted by molar-refractivity contribution is 5.70. The number of hydrogen-bond acceptors (Lipinski definition) is 6. The monoisotopic (exact) mass is 498 g/mol. The molecule has 1 N–H and O–H groups in total. The third-order valence-electron chi connectivity index (χ3n) is 7.70. The van der Waals surface area contributed by atoms with Crippen LogP contribution in [0.5, 0.6) is 0 Å². The number of aryl methyl sites for hydroxylation is 1. The highest BCUT2D eigenvalue weighted by Crippen LogP contribution is 2.51. The van der Waals surface area contributed by atoms with Crippen LogP contribution in [0.25, 0.3) is 23.0 Å². The van der Waals surface area contributed by atoms with E-state index < -0.39 is 5.97 Å². The third-order valence-corrected chi connectivity index (χ3v) is 7.70. The Morgan fingerprint density at radius 3 is 2.62 bits per heavy atom. The molecule has 2 aromatic heterocycles. The molecule has 6 rings (SSSR count). The topological polar surface area (TPSA) is 103 Å². The summed E-state index contributed by atoms with van der Waals surface area (Å²) in [7, 11) is 0. The van der Waals surface area contributed by atoms with Crippen molar-refractivity contribution in [3.63, 3.8) is 0 Å². The Labute approximate surface area is 215 Å². The largest absolute Gasteiger partial charge is 0.481 e. The smallest absolute Gasteiger partial charge is 0.304 e. The normalized spacial score (nSPS) is 17.1. The minimum Gasteiger partial charge on any atom is -0.481 e. The maximum Gasteiger partial charge on any atom is 0.304 e. The molecule has 0 unspecified atom stereocenters. The van der Waals surface area contributed by atoms with Gasteiger partial charge < -0.3 is 14.4 Å². The number of benzene rings is 2. The summed E-state index contributed by atoms with van der Waals surface area (Å²) in [5.41, 5.74) is 5.82. The van der Waals surface area contributed by atoms with E-state index in [0.717, 1.165) is 61.3 Å². The van der Waals surface area contributed by atoms with Gasteiger partial charge in [-0.15, -0.1) is 0 Å². The van der Waals surface area contributed by atoms with Crippen LogP contribution in [0.4, 0.5) is 0 Å². The number of ether oxygens (including phenoxy) is 1. The van der Waals surface area contributed by atoms with Crippen LogP contribution in [0, 0.1) is 6.92 Å². The Bertz CT molecular complexity index is 1410. The van der Waals surface area contributed by atoms with Crippen LogP contribution in [0.15, 0.2) is 59.1 Å². The van der Waals surface area contributed by atoms with Crippen molar-refractivity contribution in [2.24, 2.45) is 0 Å². The van der Waals surface area contributed by atoms with E-state index in [-0.39, 0.29) is 11.8 Å². The Morgan fingerprint density at radius 1 is 1.11 bits per heavy atom. The van der Waals surface area contributed by atoms with Gasteiger partial charge in [-0.05, 0) is 61.3 Å². The van der Waals surface area contributed by atoms with Gasteiger partial charge in [0.05, 0.1) is 13.0 Å². The molecule has 0 radical (unpaired) electrons. The van der Waals surface area contributed by atoms with Gasteiger partial charge in [-0.3, -0.25) is 9.48 Å². The van der Waals surface area contributed by atoms with E-state index in [1.165, 1.54) is 5.56 Å². The lowest BCUT2D eigenvalue weighted by molar-refractivity contribution is -0.137. The molecular weight excluding hydrogens is 468 g/mol. The first kappa shape index (κ1) is 23.6. The summed E-state index contributed by atoms with van der Waals surface area (Å²) < 4.78 is 13.0. The number of carbonyl (C=O) groups is 1. The molecule has 2 fully saturated rings. The minimum atomic E-state index is -0.746. The molecule has 1 saturated carbocycles. The number of carboxylic acids is 1. The maximum atomic E-state index is 11.3. The van der Waals surface area contributed by atoms with Gasteiger partial charge in [0.2, 0.25) is 5.82 Å². The Hall–Kier alpha value is -3.78. The van der Waals surface area contributed by atoms with Crippen molar-refractivity contribution in [3.8, 4) is 23.0 Å². The molecular formula is C29H30N4O4. The second-order valence-corrected chi connectivity index (χ2v) is 10.3. The van der Waals surface area contributed by atoms with E-state index in [2.05, 4.69) is 34.4 Å². The average Bonchev–Trinajstić information content (AvgIpc) is 3.35. The third kappa shape index (κ3) is 4.93. The molecule has 0 spiro atoms. The molecule has 3 heterocycles. The molecule has 2 aromatic carbocycles. The molecule has 1 aliphatic carbocycles. The molecule has 190 valence electrons. The van der Waals surface area contributed by atoms with Gasteiger partial charge in [-0.1, -0.05) is 53.7 Å². The second-order valence-electron chi connectivity index (χ2n) is 10.3. The zero-order valence-electron chi connectivity index (χ0n) is 20.9. The predicted molar refractivity (Wildman–Crippen MR) is 137 cm³/mol. The molecule has 8 nitrogen and oxygen atoms in total. The van der Waals surface area contributed by atoms with Crippen LogP contribution >= 0.6 is 0 Å². The van der Waals surface area contributed by atoms with Crippen molar-refractivity contribution in [1.82, 2.24) is 19.9 Å². The van der Waals surface area contributed by atoms with Gasteiger partial charge in [-0.25, -0.2) is 0 Å². The van der Waals surface area contributed by atoms with Crippen molar-refractivity contribution < 1.29 is 19.2 Å². The Balaban J connectivity index is 1.17. The highest BCUT2D eigenvalue weighted by atomic mass is 16.5. The van der Waals surface area contributed by atoms with Gasteiger partial charge in [0.1, 0.15) is 0 Å². The number of rotatable bonds is 8. The van der Waals surface area contributed by atoms with Gasteiger partial charge >= 0.3 is 5.97 Å². The van der Waals surface area contributed by atoms with E-state index in [1.807, 2.05) is 41.9 Å². The number of hydrogen-bond donors (Lipinski definition) is 1. The van der Waals surface area contributed by atoms with Crippen molar-refractivity contribution >= 4 is 5.97 Å². The molecule has 0 bridgehead atoms. The van der Waals surface area contributed by atoms with Crippen LogP contribution in [0.3, 0.4) is 0 Å². The SMILES string of the molecule is Cc1cc(-c2nc(-c3ccc(C4CCOCC4)cc3)no2)nn1Cc1cccc(C2(CC(=O)O)CC2)c1. The van der Waals surface area contributed by atoms with E-state index in [9.17, 15) is 9.90 Å². The minimum absolute atomic E-state index is 0.180. The lowest BCUT2D eigenvalue weighted by atomic mass is 9.91. The van der Waals surface area contributed by atoms with E-state index >= 15 is 0 Å². The van der Waals surface area contributed by atoms with Crippen molar-refractivity contribution in [2.75, 3.05) is 13.2 Å². The zero-order valence-corrected chi connectivity index (χ0v) is 20.9. The summed E-state index contributed by atoms with van der Waals surface area (Å²) >= 11 is 0. The summed E-state index contributed by atoms with van der Waals surface area (Å²) in [6.07, 6.45) is 4.14. The van der Waals surface area contributed by atoms with Gasteiger partial charge in [0, 0.05) is 29.9 Å². The van der Waals surface area contributed by atoms with E-state index in [1.54, 1.807) is 0 Å². The standard InChI is InChI=1S/C29H30N4O4/c1-19-15-25(31-33(19)18-20-3-2-4-24(16-20)29(11-12-29)17-26(34)35)28-30-27(32-37-28)23-7-5-21(6-8-23)22-9-13-36-14-10-22/h2-8,15-16,22H,9-14,17-18H2,1H3,(H,34,35). The summed E-state index contributed by atoms with van der Waals surface area (Å²) in [4.78, 5) is 15.9. The summed E-state index contributed by atoms with van der Waals surface area (Å²) in [5.74, 6) is 0.729. The summed E-state index contributed by atoms with van der Waals surface area (Å²) in [6.45, 7) is 4.23. The Morgan fingerprint density at radius 2 is 1.89 bits per heavy atom. The molecule has 8 heteroatoms. The first-order chi connectivity index (χ1) is 18.0. The summed E-state index contributed by atoms with van der Waals surface area (Å²) in [5, 5.41) is 18.2. The maximum absolute atomic E-state index is 11.3. The molecule has 1 saturated heterocycles. The van der Waals surface area contributed by atoms with Crippen LogP contribution in [0.1, 0.15) is 60.4 Å². The zero-order chi connectivity index (χ0) is 25.4. The van der Waals surface area contributed by atoms with Gasteiger partial charge in [0.25, 0.3) is 5.89 Å². The highest BCUT2D eigenvalue weighted by Gasteiger charge is 2.45. The molecule has 0 atom stereocenters. The second kappa shape index (κ2) is 9.59. The molecule has 1 aliphatic heterocycles. The van der Waals surface area contributed by atoms with Crippen LogP contribution in [-0.4, -0.2) is 44.2 Å².